The minimum absolute atomic E-state index is 0.104. The summed E-state index contributed by atoms with van der Waals surface area (Å²) in [4.78, 5) is 13.1. The van der Waals surface area contributed by atoms with Gasteiger partial charge in [0.05, 0.1) is 13.1 Å². The SMILES string of the molecule is C#CCN(CC)C(=O)CNC1CC1. The van der Waals surface area contributed by atoms with E-state index >= 15 is 0 Å². The zero-order valence-corrected chi connectivity index (χ0v) is 8.05. The number of carbonyl (C=O) groups is 1. The monoisotopic (exact) mass is 180 g/mol. The number of rotatable bonds is 5. The van der Waals surface area contributed by atoms with Crippen LogP contribution in [0.3, 0.4) is 0 Å². The maximum atomic E-state index is 11.5. The molecule has 0 aromatic rings. The quantitative estimate of drug-likeness (QED) is 0.614. The standard InChI is InChI=1S/C10H16N2O/c1-3-7-12(4-2)10(13)8-11-9-5-6-9/h1,9,11H,4-8H2,2H3. The van der Waals surface area contributed by atoms with Crippen molar-refractivity contribution in [1.82, 2.24) is 10.2 Å². The van der Waals surface area contributed by atoms with Crippen molar-refractivity contribution >= 4 is 5.91 Å². The van der Waals surface area contributed by atoms with E-state index in [1.807, 2.05) is 6.92 Å². The van der Waals surface area contributed by atoms with Crippen molar-refractivity contribution in [3.8, 4) is 12.3 Å². The average Bonchev–Trinajstić information content (AvgIpc) is 2.93. The molecule has 0 atom stereocenters. The summed E-state index contributed by atoms with van der Waals surface area (Å²) in [5.74, 6) is 2.58. The van der Waals surface area contributed by atoms with Crippen LogP contribution in [0.1, 0.15) is 19.8 Å². The van der Waals surface area contributed by atoms with Crippen molar-refractivity contribution in [1.29, 1.82) is 0 Å². The third-order valence-corrected chi connectivity index (χ3v) is 2.14. The normalized spacial score (nSPS) is 15.1. The highest BCUT2D eigenvalue weighted by Gasteiger charge is 2.22. The van der Waals surface area contributed by atoms with Gasteiger partial charge in [-0.15, -0.1) is 6.42 Å². The number of hydrogen-bond acceptors (Lipinski definition) is 2. The second-order valence-electron chi connectivity index (χ2n) is 3.27. The zero-order valence-electron chi connectivity index (χ0n) is 8.05. The Bertz CT molecular complexity index is 215. The maximum Gasteiger partial charge on any atom is 0.237 e. The topological polar surface area (TPSA) is 32.3 Å². The molecule has 0 radical (unpaired) electrons. The summed E-state index contributed by atoms with van der Waals surface area (Å²) in [5.41, 5.74) is 0. The molecule has 1 aliphatic rings. The van der Waals surface area contributed by atoms with Crippen LogP contribution in [-0.4, -0.2) is 36.5 Å². The Balaban J connectivity index is 2.21. The van der Waals surface area contributed by atoms with Gasteiger partial charge in [-0.2, -0.15) is 0 Å². The first-order valence-electron chi connectivity index (χ1n) is 4.72. The highest BCUT2D eigenvalue weighted by Crippen LogP contribution is 2.18. The third-order valence-electron chi connectivity index (χ3n) is 2.14. The van der Waals surface area contributed by atoms with Crippen molar-refractivity contribution in [2.75, 3.05) is 19.6 Å². The summed E-state index contributed by atoms with van der Waals surface area (Å²) in [6.45, 7) is 3.48. The van der Waals surface area contributed by atoms with Crippen molar-refractivity contribution in [2.24, 2.45) is 0 Å². The van der Waals surface area contributed by atoms with Crippen LogP contribution in [0, 0.1) is 12.3 Å². The largest absolute Gasteiger partial charge is 0.331 e. The Morgan fingerprint density at radius 2 is 2.38 bits per heavy atom. The van der Waals surface area contributed by atoms with Crippen molar-refractivity contribution in [3.63, 3.8) is 0 Å². The molecule has 1 rings (SSSR count). The maximum absolute atomic E-state index is 11.5. The molecule has 1 N–H and O–H groups in total. The van der Waals surface area contributed by atoms with Crippen LogP contribution in [0.2, 0.25) is 0 Å². The molecule has 0 spiro atoms. The summed E-state index contributed by atoms with van der Waals surface area (Å²) in [6.07, 6.45) is 7.55. The fraction of sp³-hybridized carbons (Fsp3) is 0.700. The van der Waals surface area contributed by atoms with Gasteiger partial charge < -0.3 is 10.2 Å². The van der Waals surface area contributed by atoms with E-state index in [1.165, 1.54) is 12.8 Å². The molecule has 0 unspecified atom stereocenters. The lowest BCUT2D eigenvalue weighted by atomic mass is 10.4. The molecule has 0 aromatic carbocycles. The summed E-state index contributed by atoms with van der Waals surface area (Å²) in [6, 6.07) is 0.577. The van der Waals surface area contributed by atoms with Crippen molar-refractivity contribution in [2.45, 2.75) is 25.8 Å². The molecule has 1 fully saturated rings. The van der Waals surface area contributed by atoms with Gasteiger partial charge in [-0.3, -0.25) is 4.79 Å². The number of terminal acetylenes is 1. The van der Waals surface area contributed by atoms with Crippen LogP contribution in [0.25, 0.3) is 0 Å². The number of amides is 1. The van der Waals surface area contributed by atoms with E-state index in [-0.39, 0.29) is 5.91 Å². The molecule has 0 saturated heterocycles. The Kier molecular flexibility index (Phi) is 3.78. The minimum atomic E-state index is 0.104. The first-order valence-corrected chi connectivity index (χ1v) is 4.72. The second kappa shape index (κ2) is 4.88. The van der Waals surface area contributed by atoms with Crippen LogP contribution in [-0.2, 0) is 4.79 Å². The Labute approximate surface area is 79.5 Å². The summed E-state index contributed by atoms with van der Waals surface area (Å²) >= 11 is 0. The van der Waals surface area contributed by atoms with E-state index in [9.17, 15) is 4.79 Å². The third kappa shape index (κ3) is 3.47. The number of nitrogens with one attached hydrogen (secondary N) is 1. The summed E-state index contributed by atoms with van der Waals surface area (Å²) < 4.78 is 0. The van der Waals surface area contributed by atoms with Crippen molar-refractivity contribution < 1.29 is 4.79 Å². The molecule has 0 aliphatic heterocycles. The molecule has 1 saturated carbocycles. The van der Waals surface area contributed by atoms with Crippen LogP contribution in [0.5, 0.6) is 0 Å². The lowest BCUT2D eigenvalue weighted by Gasteiger charge is -2.17. The molecular weight excluding hydrogens is 164 g/mol. The predicted molar refractivity (Wildman–Crippen MR) is 52.1 cm³/mol. The number of carbonyl (C=O) groups excluding carboxylic acids is 1. The first-order chi connectivity index (χ1) is 6.27. The van der Waals surface area contributed by atoms with Gasteiger partial charge >= 0.3 is 0 Å². The van der Waals surface area contributed by atoms with Crippen LogP contribution in [0.4, 0.5) is 0 Å². The molecule has 0 aromatic heterocycles. The van der Waals surface area contributed by atoms with Gasteiger partial charge in [0.25, 0.3) is 0 Å². The van der Waals surface area contributed by atoms with Gasteiger partial charge in [0.2, 0.25) is 5.91 Å². The lowest BCUT2D eigenvalue weighted by Crippen LogP contribution is -2.38. The smallest absolute Gasteiger partial charge is 0.237 e. The lowest BCUT2D eigenvalue weighted by molar-refractivity contribution is -0.129. The molecule has 1 amide bonds. The van der Waals surface area contributed by atoms with Gasteiger partial charge in [0.15, 0.2) is 0 Å². The fourth-order valence-electron chi connectivity index (χ4n) is 1.12. The molecule has 3 nitrogen and oxygen atoms in total. The van der Waals surface area contributed by atoms with E-state index < -0.39 is 0 Å². The van der Waals surface area contributed by atoms with Crippen LogP contribution >= 0.6 is 0 Å². The first kappa shape index (κ1) is 10.1. The highest BCUT2D eigenvalue weighted by molar-refractivity contribution is 5.78. The number of likely N-dealkylation sites (N-methyl/N-ethyl adjacent to an activating group) is 1. The number of nitrogens with zero attached hydrogens (tertiary/aromatic N) is 1. The Hall–Kier alpha value is -1.01. The molecule has 13 heavy (non-hydrogen) atoms. The minimum Gasteiger partial charge on any atom is -0.331 e. The van der Waals surface area contributed by atoms with Crippen molar-refractivity contribution in [3.05, 3.63) is 0 Å². The molecule has 3 heteroatoms. The zero-order chi connectivity index (χ0) is 9.68. The van der Waals surface area contributed by atoms with E-state index in [0.717, 1.165) is 0 Å². The average molecular weight is 180 g/mol. The molecular formula is C10H16N2O. The van der Waals surface area contributed by atoms with E-state index in [0.29, 0.717) is 25.7 Å². The van der Waals surface area contributed by atoms with Crippen LogP contribution < -0.4 is 5.32 Å². The van der Waals surface area contributed by atoms with Gasteiger partial charge in [0, 0.05) is 12.6 Å². The Morgan fingerprint density at radius 3 is 2.85 bits per heavy atom. The second-order valence-corrected chi connectivity index (χ2v) is 3.27. The Morgan fingerprint density at radius 1 is 1.69 bits per heavy atom. The number of hydrogen-bond donors (Lipinski definition) is 1. The van der Waals surface area contributed by atoms with Gasteiger partial charge in [0.1, 0.15) is 0 Å². The van der Waals surface area contributed by atoms with Crippen LogP contribution in [0.15, 0.2) is 0 Å². The molecule has 1 aliphatic carbocycles. The van der Waals surface area contributed by atoms with E-state index in [1.54, 1.807) is 4.90 Å². The van der Waals surface area contributed by atoms with E-state index in [2.05, 4.69) is 11.2 Å². The highest BCUT2D eigenvalue weighted by atomic mass is 16.2. The predicted octanol–water partition coefficient (Wildman–Crippen LogP) is 0.220. The van der Waals surface area contributed by atoms with Gasteiger partial charge in [-0.05, 0) is 19.8 Å². The molecule has 0 heterocycles. The molecule has 72 valence electrons. The van der Waals surface area contributed by atoms with Gasteiger partial charge in [-0.1, -0.05) is 5.92 Å². The molecule has 0 bridgehead atoms. The fourth-order valence-corrected chi connectivity index (χ4v) is 1.12. The van der Waals surface area contributed by atoms with E-state index in [4.69, 9.17) is 6.42 Å². The summed E-state index contributed by atoms with van der Waals surface area (Å²) in [7, 11) is 0. The summed E-state index contributed by atoms with van der Waals surface area (Å²) in [5, 5.41) is 3.17. The van der Waals surface area contributed by atoms with Gasteiger partial charge in [-0.25, -0.2) is 0 Å².